The molecule has 0 saturated heterocycles. The van der Waals surface area contributed by atoms with Gasteiger partial charge in [-0.05, 0) is 47.0 Å². The maximum atomic E-state index is 5.31. The maximum Gasteiger partial charge on any atom is 0.167 e. The van der Waals surface area contributed by atoms with Crippen molar-refractivity contribution in [3.63, 3.8) is 0 Å². The summed E-state index contributed by atoms with van der Waals surface area (Å²) in [4.78, 5) is 25.2. The molecule has 0 unspecified atom stereocenters. The van der Waals surface area contributed by atoms with E-state index in [-0.39, 0.29) is 0 Å². The van der Waals surface area contributed by atoms with Crippen molar-refractivity contribution >= 4 is 29.0 Å². The van der Waals surface area contributed by atoms with Crippen LogP contribution in [-0.4, -0.2) is 19.9 Å². The molecular formula is C44H29N5S. The van der Waals surface area contributed by atoms with E-state index in [1.165, 1.54) is 0 Å². The number of nitrogens with zero attached hydrogens (tertiary/aromatic N) is 5. The molecule has 236 valence electrons. The van der Waals surface area contributed by atoms with Crippen molar-refractivity contribution in [2.75, 3.05) is 4.90 Å². The van der Waals surface area contributed by atoms with Crippen molar-refractivity contribution in [1.29, 1.82) is 0 Å². The molecule has 3 heterocycles. The topological polar surface area (TPSA) is 54.8 Å². The minimum atomic E-state index is 0.549. The van der Waals surface area contributed by atoms with Gasteiger partial charge in [-0.2, -0.15) is 0 Å². The van der Waals surface area contributed by atoms with Gasteiger partial charge in [0.1, 0.15) is 5.82 Å². The summed E-state index contributed by atoms with van der Waals surface area (Å²) in [6.45, 7) is 0. The second-order valence-corrected chi connectivity index (χ2v) is 13.0. The average molecular weight is 660 g/mol. The summed E-state index contributed by atoms with van der Waals surface area (Å²) in [5, 5.41) is 0. The first-order valence-corrected chi connectivity index (χ1v) is 17.3. The minimum Gasteiger partial charge on any atom is -0.292 e. The molecule has 0 N–H and O–H groups in total. The van der Waals surface area contributed by atoms with E-state index >= 15 is 0 Å². The second-order valence-electron chi connectivity index (χ2n) is 11.9. The van der Waals surface area contributed by atoms with E-state index in [0.717, 1.165) is 65.9 Å². The van der Waals surface area contributed by atoms with Gasteiger partial charge in [0.25, 0.3) is 0 Å². The first-order valence-electron chi connectivity index (χ1n) is 16.5. The van der Waals surface area contributed by atoms with Gasteiger partial charge in [-0.25, -0.2) is 19.9 Å². The van der Waals surface area contributed by atoms with Gasteiger partial charge in [-0.3, -0.25) is 4.90 Å². The standard InChI is InChI=1S/C44H29N5S/c1-4-16-30(17-5-1)34-22-10-11-23-35(34)33-28-36(43-47-41(31-18-6-2-7-19-31)46-42(48-43)32-20-8-3-9-21-32)44(45-29-33)49-37-24-12-14-26-39(37)50-40-27-15-13-25-38(40)49/h1-29H. The highest BCUT2D eigenvalue weighted by atomic mass is 32.2. The van der Waals surface area contributed by atoms with E-state index in [2.05, 4.69) is 108 Å². The van der Waals surface area contributed by atoms with Crippen LogP contribution < -0.4 is 4.90 Å². The Morgan fingerprint density at radius 2 is 0.820 bits per heavy atom. The van der Waals surface area contributed by atoms with Crippen LogP contribution in [0.25, 0.3) is 56.4 Å². The monoisotopic (exact) mass is 659 g/mol. The zero-order valence-electron chi connectivity index (χ0n) is 26.9. The fraction of sp³-hybridized carbons (Fsp3) is 0. The molecule has 0 aliphatic carbocycles. The van der Waals surface area contributed by atoms with E-state index in [1.807, 2.05) is 72.9 Å². The molecule has 0 amide bonds. The van der Waals surface area contributed by atoms with Gasteiger partial charge >= 0.3 is 0 Å². The minimum absolute atomic E-state index is 0.549. The van der Waals surface area contributed by atoms with Crippen LogP contribution in [0.1, 0.15) is 0 Å². The van der Waals surface area contributed by atoms with Crippen LogP contribution in [0.2, 0.25) is 0 Å². The van der Waals surface area contributed by atoms with Crippen LogP contribution >= 0.6 is 11.8 Å². The molecule has 5 nitrogen and oxygen atoms in total. The predicted octanol–water partition coefficient (Wildman–Crippen LogP) is 11.5. The molecule has 0 atom stereocenters. The normalized spacial score (nSPS) is 11.9. The van der Waals surface area contributed by atoms with Gasteiger partial charge in [0, 0.05) is 32.7 Å². The molecule has 6 heteroatoms. The molecule has 0 bridgehead atoms. The Kier molecular flexibility index (Phi) is 7.68. The number of fused-ring (bicyclic) bond motifs is 2. The molecule has 8 aromatic rings. The summed E-state index contributed by atoms with van der Waals surface area (Å²) in [6, 6.07) is 58.3. The summed E-state index contributed by atoms with van der Waals surface area (Å²) >= 11 is 1.77. The first kappa shape index (κ1) is 29.7. The largest absolute Gasteiger partial charge is 0.292 e. The lowest BCUT2D eigenvalue weighted by Crippen LogP contribution is -2.17. The van der Waals surface area contributed by atoms with Crippen molar-refractivity contribution in [3.8, 4) is 56.4 Å². The van der Waals surface area contributed by atoms with Crippen LogP contribution in [0.3, 0.4) is 0 Å². The van der Waals surface area contributed by atoms with E-state index in [0.29, 0.717) is 17.5 Å². The highest BCUT2D eigenvalue weighted by Gasteiger charge is 2.29. The van der Waals surface area contributed by atoms with Gasteiger partial charge in [0.05, 0.1) is 16.9 Å². The molecule has 9 rings (SSSR count). The zero-order chi connectivity index (χ0) is 33.3. The zero-order valence-corrected chi connectivity index (χ0v) is 27.7. The Morgan fingerprint density at radius 1 is 0.380 bits per heavy atom. The lowest BCUT2D eigenvalue weighted by Gasteiger charge is -2.33. The van der Waals surface area contributed by atoms with Crippen LogP contribution in [0.15, 0.2) is 186 Å². The molecule has 1 aliphatic heterocycles. The Labute approximate surface area is 295 Å². The molecule has 50 heavy (non-hydrogen) atoms. The highest BCUT2D eigenvalue weighted by Crippen LogP contribution is 2.52. The Bertz CT molecular complexity index is 2370. The molecule has 0 fully saturated rings. The van der Waals surface area contributed by atoms with Crippen LogP contribution in [0.4, 0.5) is 17.2 Å². The van der Waals surface area contributed by atoms with Crippen molar-refractivity contribution in [2.24, 2.45) is 0 Å². The maximum absolute atomic E-state index is 5.31. The van der Waals surface area contributed by atoms with E-state index in [1.54, 1.807) is 11.8 Å². The Balaban J connectivity index is 1.33. The van der Waals surface area contributed by atoms with Crippen LogP contribution in [0.5, 0.6) is 0 Å². The number of anilines is 3. The van der Waals surface area contributed by atoms with Crippen molar-refractivity contribution in [3.05, 3.63) is 176 Å². The van der Waals surface area contributed by atoms with Gasteiger partial charge in [-0.15, -0.1) is 0 Å². The number of rotatable bonds is 6. The molecule has 1 aliphatic rings. The van der Waals surface area contributed by atoms with Gasteiger partial charge in [0.15, 0.2) is 17.5 Å². The highest BCUT2D eigenvalue weighted by molar-refractivity contribution is 7.99. The van der Waals surface area contributed by atoms with E-state index in [9.17, 15) is 0 Å². The first-order chi connectivity index (χ1) is 24.8. The quantitative estimate of drug-likeness (QED) is 0.177. The van der Waals surface area contributed by atoms with Crippen LogP contribution in [-0.2, 0) is 0 Å². The third-order valence-electron chi connectivity index (χ3n) is 8.77. The summed E-state index contributed by atoms with van der Waals surface area (Å²) < 4.78 is 0. The summed E-state index contributed by atoms with van der Waals surface area (Å²) in [5.74, 6) is 2.50. The van der Waals surface area contributed by atoms with Crippen molar-refractivity contribution in [2.45, 2.75) is 9.79 Å². The SMILES string of the molecule is c1ccc(-c2nc(-c3ccccc3)nc(-c3cc(-c4ccccc4-c4ccccc4)cnc3N3c4ccccc4Sc4ccccc43)n2)cc1. The smallest absolute Gasteiger partial charge is 0.167 e. The second kappa shape index (κ2) is 12.9. The number of hydrogen-bond acceptors (Lipinski definition) is 6. The molecule has 0 saturated carbocycles. The predicted molar refractivity (Wildman–Crippen MR) is 204 cm³/mol. The number of hydrogen-bond donors (Lipinski definition) is 0. The Hall–Kier alpha value is -6.37. The van der Waals surface area contributed by atoms with Gasteiger partial charge in [0.2, 0.25) is 0 Å². The van der Waals surface area contributed by atoms with Crippen molar-refractivity contribution < 1.29 is 0 Å². The lowest BCUT2D eigenvalue weighted by molar-refractivity contribution is 1.06. The Morgan fingerprint density at radius 3 is 1.38 bits per heavy atom. The third-order valence-corrected chi connectivity index (χ3v) is 9.90. The molecular weight excluding hydrogens is 631 g/mol. The fourth-order valence-electron chi connectivity index (χ4n) is 6.41. The number of para-hydroxylation sites is 2. The fourth-order valence-corrected chi connectivity index (χ4v) is 7.47. The molecule has 0 spiro atoms. The molecule has 0 radical (unpaired) electrons. The van der Waals surface area contributed by atoms with Crippen molar-refractivity contribution in [1.82, 2.24) is 19.9 Å². The molecule has 6 aromatic carbocycles. The summed E-state index contributed by atoms with van der Waals surface area (Å²) in [7, 11) is 0. The molecule has 2 aromatic heterocycles. The number of aromatic nitrogens is 4. The summed E-state index contributed by atoms with van der Waals surface area (Å²) in [6.07, 6.45) is 1.98. The number of benzene rings is 6. The average Bonchev–Trinajstić information content (AvgIpc) is 3.20. The lowest BCUT2D eigenvalue weighted by atomic mass is 9.94. The summed E-state index contributed by atoms with van der Waals surface area (Å²) in [5.41, 5.74) is 9.07. The van der Waals surface area contributed by atoms with Gasteiger partial charge in [-0.1, -0.05) is 151 Å². The van der Waals surface area contributed by atoms with E-state index < -0.39 is 0 Å². The number of pyridine rings is 1. The van der Waals surface area contributed by atoms with Crippen LogP contribution in [0, 0.1) is 0 Å². The van der Waals surface area contributed by atoms with E-state index in [4.69, 9.17) is 19.9 Å². The third kappa shape index (κ3) is 5.51. The van der Waals surface area contributed by atoms with Gasteiger partial charge < -0.3 is 0 Å².